The number of ether oxygens (including phenoxy) is 2. The summed E-state index contributed by atoms with van der Waals surface area (Å²) >= 11 is 6.20. The number of halogens is 1. The number of carbonyl (C=O) groups excluding carboxylic acids is 1. The fourth-order valence-electron chi connectivity index (χ4n) is 2.37. The van der Waals surface area contributed by atoms with Crippen LogP contribution in [0.4, 0.5) is 5.69 Å². The van der Waals surface area contributed by atoms with Gasteiger partial charge in [-0.25, -0.2) is 0 Å². The van der Waals surface area contributed by atoms with Crippen LogP contribution in [0.5, 0.6) is 11.5 Å². The Morgan fingerprint density at radius 2 is 1.79 bits per heavy atom. The monoisotopic (exact) mass is 345 g/mol. The van der Waals surface area contributed by atoms with E-state index in [-0.39, 0.29) is 5.91 Å². The molecule has 0 saturated heterocycles. The summed E-state index contributed by atoms with van der Waals surface area (Å²) in [4.78, 5) is 12.1. The summed E-state index contributed by atoms with van der Waals surface area (Å²) in [6, 6.07) is 9.22. The van der Waals surface area contributed by atoms with E-state index < -0.39 is 0 Å². The van der Waals surface area contributed by atoms with Gasteiger partial charge in [-0.1, -0.05) is 23.7 Å². The number of hydrogen-bond donors (Lipinski definition) is 1. The number of rotatable bonds is 5. The Bertz CT molecular complexity index is 761. The number of nitrogens with one attached hydrogen (secondary N) is 1. The Hall–Kier alpha value is -2.46. The van der Waals surface area contributed by atoms with Gasteiger partial charge in [-0.15, -0.1) is 0 Å². The molecule has 0 atom stereocenters. The third-order valence-corrected chi connectivity index (χ3v) is 3.81. The van der Waals surface area contributed by atoms with Crippen LogP contribution in [0.1, 0.15) is 16.7 Å². The molecule has 0 bridgehead atoms. The van der Waals surface area contributed by atoms with Gasteiger partial charge >= 0.3 is 0 Å². The normalized spacial score (nSPS) is 10.7. The molecule has 0 aliphatic carbocycles. The Labute approximate surface area is 147 Å². The number of hydrogen-bond acceptors (Lipinski definition) is 3. The Morgan fingerprint density at radius 1 is 1.08 bits per heavy atom. The maximum Gasteiger partial charge on any atom is 0.248 e. The van der Waals surface area contributed by atoms with Crippen molar-refractivity contribution in [3.63, 3.8) is 0 Å². The molecule has 0 aliphatic heterocycles. The third-order valence-electron chi connectivity index (χ3n) is 3.51. The number of anilines is 1. The van der Waals surface area contributed by atoms with Gasteiger partial charge < -0.3 is 14.8 Å². The van der Waals surface area contributed by atoms with Crippen LogP contribution in [0.25, 0.3) is 6.08 Å². The molecule has 2 aromatic rings. The molecule has 1 amide bonds. The average Bonchev–Trinajstić information content (AvgIpc) is 2.55. The standard InChI is InChI=1S/C19H20ClNO3/c1-12-9-13(2)19(15(20)10-12)21-18(22)8-6-14-5-7-16(23-3)17(11-14)24-4/h5-11H,1-4H3,(H,21,22)/b8-6-. The molecule has 0 heterocycles. The van der Waals surface area contributed by atoms with Gasteiger partial charge in [-0.3, -0.25) is 4.79 Å². The van der Waals surface area contributed by atoms with Gasteiger partial charge in [0.15, 0.2) is 11.5 Å². The summed E-state index contributed by atoms with van der Waals surface area (Å²) < 4.78 is 10.4. The summed E-state index contributed by atoms with van der Waals surface area (Å²) in [7, 11) is 3.15. The van der Waals surface area contributed by atoms with Gasteiger partial charge in [0, 0.05) is 6.08 Å². The fraction of sp³-hybridized carbons (Fsp3) is 0.211. The van der Waals surface area contributed by atoms with E-state index >= 15 is 0 Å². The summed E-state index contributed by atoms with van der Waals surface area (Å²) in [5.74, 6) is 0.997. The minimum absolute atomic E-state index is 0.251. The number of amides is 1. The fourth-order valence-corrected chi connectivity index (χ4v) is 2.74. The maximum absolute atomic E-state index is 12.1. The average molecular weight is 346 g/mol. The molecule has 5 heteroatoms. The third kappa shape index (κ3) is 4.30. The largest absolute Gasteiger partial charge is 0.493 e. The molecule has 0 aliphatic rings. The Morgan fingerprint density at radius 3 is 2.42 bits per heavy atom. The molecule has 2 rings (SSSR count). The first kappa shape index (κ1) is 17.9. The van der Waals surface area contributed by atoms with Crippen LogP contribution in [0.3, 0.4) is 0 Å². The van der Waals surface area contributed by atoms with Crippen LogP contribution in [0, 0.1) is 13.8 Å². The van der Waals surface area contributed by atoms with E-state index in [1.54, 1.807) is 32.4 Å². The summed E-state index contributed by atoms with van der Waals surface area (Å²) in [5, 5.41) is 3.34. The van der Waals surface area contributed by atoms with E-state index in [0.717, 1.165) is 16.7 Å². The predicted molar refractivity (Wildman–Crippen MR) is 98.1 cm³/mol. The molecule has 0 saturated carbocycles. The minimum Gasteiger partial charge on any atom is -0.493 e. The lowest BCUT2D eigenvalue weighted by Crippen LogP contribution is -2.09. The molecule has 0 spiro atoms. The van der Waals surface area contributed by atoms with Crippen molar-refractivity contribution in [2.75, 3.05) is 19.5 Å². The van der Waals surface area contributed by atoms with E-state index in [2.05, 4.69) is 5.32 Å². The van der Waals surface area contributed by atoms with E-state index in [4.69, 9.17) is 21.1 Å². The van der Waals surface area contributed by atoms with Crippen molar-refractivity contribution in [2.45, 2.75) is 13.8 Å². The number of methoxy groups -OCH3 is 2. The highest BCUT2D eigenvalue weighted by Crippen LogP contribution is 2.29. The molecule has 1 N–H and O–H groups in total. The van der Waals surface area contributed by atoms with Crippen molar-refractivity contribution in [1.82, 2.24) is 0 Å². The van der Waals surface area contributed by atoms with Crippen LogP contribution in [0.15, 0.2) is 36.4 Å². The van der Waals surface area contributed by atoms with Gasteiger partial charge in [0.25, 0.3) is 0 Å². The lowest BCUT2D eigenvalue weighted by Gasteiger charge is -2.10. The molecule has 4 nitrogen and oxygen atoms in total. The number of aryl methyl sites for hydroxylation is 2. The molecule has 126 valence electrons. The molecule has 2 aromatic carbocycles. The molecular weight excluding hydrogens is 326 g/mol. The second-order valence-corrected chi connectivity index (χ2v) is 5.78. The second kappa shape index (κ2) is 7.88. The van der Waals surface area contributed by atoms with Gasteiger partial charge in [-0.2, -0.15) is 0 Å². The Balaban J connectivity index is 2.14. The highest BCUT2D eigenvalue weighted by Gasteiger charge is 2.08. The summed E-state index contributed by atoms with van der Waals surface area (Å²) in [5.41, 5.74) is 3.43. The highest BCUT2D eigenvalue weighted by atomic mass is 35.5. The van der Waals surface area contributed by atoms with Gasteiger partial charge in [0.1, 0.15) is 0 Å². The smallest absolute Gasteiger partial charge is 0.248 e. The van der Waals surface area contributed by atoms with Gasteiger partial charge in [0.2, 0.25) is 5.91 Å². The van der Waals surface area contributed by atoms with Gasteiger partial charge in [0.05, 0.1) is 24.9 Å². The van der Waals surface area contributed by atoms with E-state index in [1.807, 2.05) is 32.0 Å². The van der Waals surface area contributed by atoms with Crippen LogP contribution in [-0.2, 0) is 4.79 Å². The first-order chi connectivity index (χ1) is 11.4. The van der Waals surface area contributed by atoms with Crippen molar-refractivity contribution in [3.05, 3.63) is 58.1 Å². The molecule has 0 aromatic heterocycles. The lowest BCUT2D eigenvalue weighted by molar-refractivity contribution is -0.111. The SMILES string of the molecule is COc1ccc(/C=C\C(=O)Nc2c(C)cc(C)cc2Cl)cc1OC. The van der Waals surface area contributed by atoms with Crippen molar-refractivity contribution in [1.29, 1.82) is 0 Å². The topological polar surface area (TPSA) is 47.6 Å². The van der Waals surface area contributed by atoms with Crippen LogP contribution in [0.2, 0.25) is 5.02 Å². The number of benzene rings is 2. The summed E-state index contributed by atoms with van der Waals surface area (Å²) in [6.45, 7) is 3.87. The van der Waals surface area contributed by atoms with Gasteiger partial charge in [-0.05, 0) is 54.8 Å². The van der Waals surface area contributed by atoms with Crippen molar-refractivity contribution in [3.8, 4) is 11.5 Å². The van der Waals surface area contributed by atoms with Crippen molar-refractivity contribution < 1.29 is 14.3 Å². The zero-order valence-corrected chi connectivity index (χ0v) is 14.9. The van der Waals surface area contributed by atoms with Crippen LogP contribution < -0.4 is 14.8 Å². The molecule has 0 unspecified atom stereocenters. The zero-order chi connectivity index (χ0) is 17.7. The highest BCUT2D eigenvalue weighted by molar-refractivity contribution is 6.34. The summed E-state index contributed by atoms with van der Waals surface area (Å²) in [6.07, 6.45) is 3.16. The van der Waals surface area contributed by atoms with E-state index in [0.29, 0.717) is 22.2 Å². The van der Waals surface area contributed by atoms with Crippen LogP contribution >= 0.6 is 11.6 Å². The first-order valence-corrected chi connectivity index (χ1v) is 7.80. The second-order valence-electron chi connectivity index (χ2n) is 5.38. The predicted octanol–water partition coefficient (Wildman–Crippen LogP) is 4.63. The lowest BCUT2D eigenvalue weighted by atomic mass is 10.1. The maximum atomic E-state index is 12.1. The molecule has 24 heavy (non-hydrogen) atoms. The molecule has 0 radical (unpaired) electrons. The first-order valence-electron chi connectivity index (χ1n) is 7.42. The molecular formula is C19H20ClNO3. The molecule has 0 fully saturated rings. The van der Waals surface area contributed by atoms with Crippen LogP contribution in [-0.4, -0.2) is 20.1 Å². The number of carbonyl (C=O) groups is 1. The zero-order valence-electron chi connectivity index (χ0n) is 14.1. The van der Waals surface area contributed by atoms with Crippen molar-refractivity contribution >= 4 is 29.3 Å². The quantitative estimate of drug-likeness (QED) is 0.804. The van der Waals surface area contributed by atoms with Crippen molar-refractivity contribution in [2.24, 2.45) is 0 Å². The Kier molecular flexibility index (Phi) is 5.88. The van der Waals surface area contributed by atoms with E-state index in [1.165, 1.54) is 6.08 Å². The minimum atomic E-state index is -0.251. The van der Waals surface area contributed by atoms with E-state index in [9.17, 15) is 4.79 Å².